The van der Waals surface area contributed by atoms with Gasteiger partial charge >= 0.3 is 36.4 Å². The maximum Gasteiger partial charge on any atom is 0.490 e. The van der Waals surface area contributed by atoms with Gasteiger partial charge in [-0.2, -0.15) is 13.2 Å². The van der Waals surface area contributed by atoms with E-state index in [0.717, 1.165) is 6.92 Å². The Balaban J connectivity index is 1.77. The zero-order valence-electron chi connectivity index (χ0n) is 73.8. The zero-order valence-corrected chi connectivity index (χ0v) is 73.8. The minimum absolute atomic E-state index is 0.0418. The van der Waals surface area contributed by atoms with Crippen molar-refractivity contribution >= 4 is 107 Å². The van der Waals surface area contributed by atoms with Crippen LogP contribution >= 0.6 is 0 Å². The number of esters is 1. The summed E-state index contributed by atoms with van der Waals surface area (Å²) in [5.41, 5.74) is 12.5. The Kier molecular flexibility index (Phi) is 43.2. The SMILES string of the molecule is CC[C@H](C)[C@H](NC(=O)[C@@H](CCCN(C(=N)NC(=O)OCc1ccccc1)C(=O)OCc1ccccc1)NC(=O)[C@H](CC(C)C)NC(=O)[C@@H](NC(=O)[C@H](Cc1cccc(N)c1)NC(=O)[C@H](CC(C)(C)C)NC(=O)[C@@H](CC(C)(C)C)NC(=O)OCc1ccccc1)C(O)C(C)C)C(=O)N[C@H](C(=O)NCC(=O)N[C@@H](CC(N)=O)C(=O)N[C@@H](COC(=O)C(F)(F)F)C(=O)O)[C@H](C)O. The number of nitrogen functional groups attached to an aromatic ring is 1. The number of carbonyl (C=O) groups is 16. The summed E-state index contributed by atoms with van der Waals surface area (Å²) in [7, 11) is 0. The number of hydrogen-bond acceptors (Lipinski definition) is 24. The van der Waals surface area contributed by atoms with Crippen molar-refractivity contribution in [3.05, 3.63) is 138 Å². The van der Waals surface area contributed by atoms with Crippen molar-refractivity contribution in [2.24, 2.45) is 34.3 Å². The predicted molar refractivity (Wildman–Crippen MR) is 457 cm³/mol. The van der Waals surface area contributed by atoms with Gasteiger partial charge in [0.2, 0.25) is 70.9 Å². The smallest absolute Gasteiger partial charge is 0.480 e. The van der Waals surface area contributed by atoms with Crippen molar-refractivity contribution in [3.63, 3.8) is 0 Å². The topological polar surface area (TPSA) is 594 Å². The first-order chi connectivity index (χ1) is 59.8. The first kappa shape index (κ1) is 107. The number of carboxylic acid groups (broad SMARTS) is 1. The number of primary amides is 1. The number of nitrogens with zero attached hydrogens (tertiary/aromatic N) is 1. The summed E-state index contributed by atoms with van der Waals surface area (Å²) in [6.07, 6.45) is -15.0. The van der Waals surface area contributed by atoms with Crippen molar-refractivity contribution in [1.82, 2.24) is 68.7 Å². The summed E-state index contributed by atoms with van der Waals surface area (Å²) in [4.78, 5) is 222. The predicted octanol–water partition coefficient (Wildman–Crippen LogP) is 3.29. The normalized spacial score (nSPS) is 14.5. The van der Waals surface area contributed by atoms with Crippen LogP contribution in [-0.4, -0.2) is 220 Å². The molecule has 39 nitrogen and oxygen atoms in total. The maximum absolute atomic E-state index is 15.3. The van der Waals surface area contributed by atoms with E-state index in [1.165, 1.54) is 26.8 Å². The van der Waals surface area contributed by atoms with Gasteiger partial charge in [-0.15, -0.1) is 0 Å². The van der Waals surface area contributed by atoms with E-state index < -0.39 is 248 Å². The number of ether oxygens (including phenoxy) is 4. The maximum atomic E-state index is 15.3. The molecule has 20 N–H and O–H groups in total. The van der Waals surface area contributed by atoms with Crippen LogP contribution in [0.15, 0.2) is 115 Å². The summed E-state index contributed by atoms with van der Waals surface area (Å²) < 4.78 is 58.7. The monoisotopic (exact) mass is 1800 g/mol. The van der Waals surface area contributed by atoms with E-state index in [1.807, 2.05) is 26.1 Å². The van der Waals surface area contributed by atoms with E-state index >= 15 is 19.2 Å². The molecule has 0 heterocycles. The second-order valence-electron chi connectivity index (χ2n) is 33.8. The molecule has 0 radical (unpaired) electrons. The Morgan fingerprint density at radius 3 is 1.43 bits per heavy atom. The average molecular weight is 1800 g/mol. The molecule has 4 aromatic rings. The van der Waals surface area contributed by atoms with Crippen molar-refractivity contribution in [2.45, 2.75) is 240 Å². The summed E-state index contributed by atoms with van der Waals surface area (Å²) in [6, 6.07) is 13.7. The summed E-state index contributed by atoms with van der Waals surface area (Å²) in [6.45, 7) is 17.2. The van der Waals surface area contributed by atoms with Gasteiger partial charge < -0.3 is 104 Å². The molecular formula is C86H121F3N16O23. The first-order valence-electron chi connectivity index (χ1n) is 41.3. The number of nitrogens with two attached hydrogens (primary N) is 2. The fraction of sp³-hybridized carbons (Fsp3) is 0.523. The molecule has 0 aliphatic heterocycles. The van der Waals surface area contributed by atoms with Gasteiger partial charge in [-0.05, 0) is 102 Å². The minimum atomic E-state index is -5.57. The highest BCUT2D eigenvalue weighted by Crippen LogP contribution is 2.26. The fourth-order valence-electron chi connectivity index (χ4n) is 12.4. The third-order valence-corrected chi connectivity index (χ3v) is 19.3. The number of nitrogens with one attached hydrogen (secondary N) is 13. The molecule has 0 fully saturated rings. The summed E-state index contributed by atoms with van der Waals surface area (Å²) in [5.74, 6) is -20.9. The van der Waals surface area contributed by atoms with E-state index in [0.29, 0.717) is 27.2 Å². The van der Waals surface area contributed by atoms with Crippen molar-refractivity contribution in [2.75, 3.05) is 25.4 Å². The highest BCUT2D eigenvalue weighted by molar-refractivity contribution is 6.01. The largest absolute Gasteiger partial charge is 0.490 e. The molecule has 4 rings (SSSR count). The molecule has 13 atom stereocenters. The van der Waals surface area contributed by atoms with Gasteiger partial charge in [-0.25, -0.2) is 28.9 Å². The molecule has 0 aliphatic carbocycles. The molecule has 14 amide bonds. The summed E-state index contributed by atoms with van der Waals surface area (Å²) in [5, 5.41) is 70.2. The second kappa shape index (κ2) is 51.6. The summed E-state index contributed by atoms with van der Waals surface area (Å²) >= 11 is 0. The van der Waals surface area contributed by atoms with Crippen LogP contribution in [-0.2, 0) is 108 Å². The van der Waals surface area contributed by atoms with Crippen LogP contribution in [0.2, 0.25) is 0 Å². The van der Waals surface area contributed by atoms with Gasteiger partial charge in [0, 0.05) is 18.7 Å². The molecule has 0 saturated carbocycles. The van der Waals surface area contributed by atoms with Gasteiger partial charge in [-0.1, -0.05) is 193 Å². The lowest BCUT2D eigenvalue weighted by Crippen LogP contribution is -2.63. The lowest BCUT2D eigenvalue weighted by molar-refractivity contribution is -0.200. The number of anilines is 1. The first-order valence-corrected chi connectivity index (χ1v) is 41.3. The lowest BCUT2D eigenvalue weighted by Gasteiger charge is -2.32. The molecule has 0 saturated heterocycles. The standard InChI is InChI=1S/C86H121F3N16O23/c1-14-49(6)65(76(117)102-66(50(7)106)75(116)93-42-64(108)94-59(39-63(91)107)71(112)99-62(78(119)120)46-125-79(121)86(87,88)89)101-69(110)56(34-25-35-105(83(124)128-45-53-30-22-17-23-31-53)80(92)104-82(123)127-44-52-28-20-16-21-29-52)95-70(111)57(36-47(2)3)97-77(118)67(68(109)48(4)5)103-72(113)58(38-54-32-24-33-55(90)37-54)96-73(114)60(40-84(8,9)10)98-74(115)61(41-85(11,12)13)100-81(122)126-43-51-26-18-15-19-27-51/h15-24,26-33,37,47-50,56-62,65-68,106,109H,14,25,34-36,38-46,90H2,1-13H3,(H2,91,107)(H,93,116)(H,94,108)(H,95,111)(H,96,114)(H,97,118)(H,98,115)(H,99,112)(H,100,122)(H,101,110)(H,102,117)(H,103,113)(H,119,120)(H2,92,104,123)/t49-,50-,56+,57-,58-,59-,60-,61+,62-,65-,66-,67-,68?/m0/s1. The number of alkyl halides is 3. The number of rotatable bonds is 47. The molecule has 0 bridgehead atoms. The van der Waals surface area contributed by atoms with Gasteiger partial charge in [0.25, 0.3) is 0 Å². The van der Waals surface area contributed by atoms with E-state index in [4.69, 9.17) is 31.1 Å². The Hall–Kier alpha value is -13.0. The molecule has 1 unspecified atom stereocenters. The van der Waals surface area contributed by atoms with Crippen LogP contribution in [0.5, 0.6) is 0 Å². The van der Waals surface area contributed by atoms with E-state index in [9.17, 15) is 86.0 Å². The van der Waals surface area contributed by atoms with Crippen molar-refractivity contribution < 1.29 is 124 Å². The van der Waals surface area contributed by atoms with Gasteiger partial charge in [0.05, 0.1) is 25.2 Å². The van der Waals surface area contributed by atoms with Crippen molar-refractivity contribution in [3.8, 4) is 0 Å². The van der Waals surface area contributed by atoms with E-state index in [2.05, 4.69) is 57.9 Å². The van der Waals surface area contributed by atoms with Crippen LogP contribution in [0.4, 0.5) is 33.2 Å². The molecule has 128 heavy (non-hydrogen) atoms. The Labute approximate surface area is 739 Å². The number of carbonyl (C=O) groups excluding carboxylic acids is 15. The Morgan fingerprint density at radius 1 is 0.492 bits per heavy atom. The number of amides is 14. The number of carboxylic acids is 1. The van der Waals surface area contributed by atoms with Crippen molar-refractivity contribution in [1.29, 1.82) is 5.41 Å². The van der Waals surface area contributed by atoms with Crippen LogP contribution in [0, 0.1) is 34.0 Å². The molecule has 42 heteroatoms. The lowest BCUT2D eigenvalue weighted by atomic mass is 9.86. The average Bonchev–Trinajstić information content (AvgIpc) is 0.831. The zero-order chi connectivity index (χ0) is 96.1. The molecule has 704 valence electrons. The number of benzene rings is 4. The van der Waals surface area contributed by atoms with Gasteiger partial charge in [0.1, 0.15) is 80.8 Å². The molecule has 0 aromatic heterocycles. The minimum Gasteiger partial charge on any atom is -0.480 e. The Bertz CT molecular complexity index is 4440. The highest BCUT2D eigenvalue weighted by Gasteiger charge is 2.44. The third kappa shape index (κ3) is 39.3. The van der Waals surface area contributed by atoms with Gasteiger partial charge in [-0.3, -0.25) is 63.5 Å². The highest BCUT2D eigenvalue weighted by atomic mass is 19.4. The molecule has 0 aliphatic rings. The van der Waals surface area contributed by atoms with Crippen LogP contribution in [0.1, 0.15) is 157 Å². The second-order valence-corrected chi connectivity index (χ2v) is 33.8. The number of halogens is 3. The van der Waals surface area contributed by atoms with E-state index in [1.54, 1.807) is 156 Å². The van der Waals surface area contributed by atoms with E-state index in [-0.39, 0.29) is 57.6 Å². The van der Waals surface area contributed by atoms with Crippen LogP contribution in [0.25, 0.3) is 0 Å². The van der Waals surface area contributed by atoms with Crippen LogP contribution in [0.3, 0.4) is 0 Å². The number of guanidine groups is 1. The Morgan fingerprint density at radius 2 is 0.938 bits per heavy atom. The number of hydrogen-bond donors (Lipinski definition) is 18. The number of aliphatic hydroxyl groups excluding tert-OH is 2. The third-order valence-electron chi connectivity index (χ3n) is 19.3. The number of aliphatic carboxylic acids is 1. The molecular weight excluding hydrogens is 1680 g/mol. The fourth-order valence-corrected chi connectivity index (χ4v) is 12.4. The molecule has 0 spiro atoms. The number of aliphatic hydroxyl groups is 2. The van der Waals surface area contributed by atoms with Gasteiger partial charge in [0.15, 0.2) is 6.04 Å². The quantitative estimate of drug-likeness (QED) is 0.00992. The number of alkyl carbamates (subject to hydrolysis) is 2. The molecule has 4 aromatic carbocycles. The van der Waals surface area contributed by atoms with Crippen LogP contribution < -0.4 is 75.3 Å².